The van der Waals surface area contributed by atoms with Crippen LogP contribution < -0.4 is 0 Å². The minimum Gasteiger partial charge on any atom is -0.480 e. The smallest absolute Gasteiger partial charge is 0.317 e. The average molecular weight is 1470 g/mol. The maximum Gasteiger partial charge on any atom is 0.317 e. The molecule has 30 heteroatoms. The van der Waals surface area contributed by atoms with E-state index in [1.165, 1.54) is 19.6 Å². The summed E-state index contributed by atoms with van der Waals surface area (Å²) in [5, 5.41) is 77.5. The lowest BCUT2D eigenvalue weighted by Crippen LogP contribution is -2.47. The second-order valence-corrected chi connectivity index (χ2v) is 26.7. The van der Waals surface area contributed by atoms with Gasteiger partial charge in [-0.2, -0.15) is 0 Å². The molecular formula is C76H98N12O18. The molecule has 3 aromatic heterocycles. The van der Waals surface area contributed by atoms with E-state index in [1.807, 2.05) is 80.6 Å². The topological polar surface area (TPSA) is 416 Å². The molecule has 5 aromatic rings. The summed E-state index contributed by atoms with van der Waals surface area (Å²) < 4.78 is 0. The molecule has 2 amide bonds. The van der Waals surface area contributed by atoms with Crippen molar-refractivity contribution in [2.45, 2.75) is 93.2 Å². The van der Waals surface area contributed by atoms with Crippen LogP contribution in [0.25, 0.3) is 44.4 Å². The molecule has 10 N–H and O–H groups in total. The lowest BCUT2D eigenvalue weighted by atomic mass is 9.98. The zero-order valence-electron chi connectivity index (χ0n) is 61.0. The third-order valence-corrected chi connectivity index (χ3v) is 18.9. The summed E-state index contributed by atoms with van der Waals surface area (Å²) in [5.74, 6) is -10.8. The lowest BCUT2D eigenvalue weighted by Gasteiger charge is -2.29. The zero-order chi connectivity index (χ0) is 77.3. The largest absolute Gasteiger partial charge is 0.480 e. The highest BCUT2D eigenvalue weighted by Gasteiger charge is 2.28. The molecule has 0 aliphatic carbocycles. The molecule has 570 valence electrons. The van der Waals surface area contributed by atoms with E-state index in [0.29, 0.717) is 48.5 Å². The molecule has 0 fully saturated rings. The fourth-order valence-corrected chi connectivity index (χ4v) is 13.5. The van der Waals surface area contributed by atoms with Gasteiger partial charge in [-0.3, -0.25) is 77.3 Å². The van der Waals surface area contributed by atoms with Crippen molar-refractivity contribution in [3.05, 3.63) is 141 Å². The van der Waals surface area contributed by atoms with Crippen LogP contribution in [-0.4, -0.2) is 290 Å². The van der Waals surface area contributed by atoms with Gasteiger partial charge in [0.15, 0.2) is 0 Å². The van der Waals surface area contributed by atoms with Crippen molar-refractivity contribution >= 4 is 104 Å². The molecule has 0 unspecified atom stereocenters. The fraction of sp³-hybridized carbons (Fsp3) is 0.447. The average Bonchev–Trinajstić information content (AvgIpc) is 1.62. The number of carbonyl (C=O) groups excluding carboxylic acids is 2. The van der Waals surface area contributed by atoms with E-state index in [2.05, 4.69) is 55.9 Å². The van der Waals surface area contributed by atoms with Gasteiger partial charge in [0, 0.05) is 101 Å². The summed E-state index contributed by atoms with van der Waals surface area (Å²) >= 11 is 0. The molecule has 0 saturated heterocycles. The second kappa shape index (κ2) is 40.1. The predicted molar refractivity (Wildman–Crippen MR) is 396 cm³/mol. The maximum absolute atomic E-state index is 14.8. The summed E-state index contributed by atoms with van der Waals surface area (Å²) in [4.78, 5) is 154. The van der Waals surface area contributed by atoms with E-state index in [0.717, 1.165) is 100 Å². The van der Waals surface area contributed by atoms with Gasteiger partial charge in [0.05, 0.1) is 88.2 Å². The standard InChI is InChI=1S/C76H98N12O18/c1-7-55-49(3)59-33-60-51(5)57(21-15-23-87(37-53-17-11-9-12-18-53)67(89)39-83(43-71(95)96)29-25-81(41-69(91)92)27-31-85(45-73(99)100)46-74(101)102)65(79-60)36-66-58(52(6)62(80-66)35-64-56(8-2)50(4)61(78-64)34-63(55)77-59)22-16-24-88(38-54-19-13-10-14-20-54)68(90)40-84(44-72(97)98)30-26-82(42-70(93)94)28-32-86(47-75(103)104)48-76(105)106/h9-14,17-20,33-36,77-78H,7-8,15-16,21-32,37-48H2,1-6H3,(H,91,92)(H,93,94)(H,95,96)(H,97,98)(H,99,100)(H,101,102)(H,103,104)(H,105,106). The van der Waals surface area contributed by atoms with Crippen molar-refractivity contribution < 1.29 is 88.8 Å². The van der Waals surface area contributed by atoms with Crippen molar-refractivity contribution in [3.63, 3.8) is 0 Å². The number of hydrogen-bond acceptors (Lipinski definition) is 18. The molecule has 0 spiro atoms. The number of nitrogens with zero attached hydrogens (tertiary/aromatic N) is 10. The highest BCUT2D eigenvalue weighted by molar-refractivity contribution is 5.96. The Bertz CT molecular complexity index is 4200. The number of aromatic amines is 2. The molecule has 5 heterocycles. The number of allylic oxidation sites excluding steroid dienone is 4. The third-order valence-electron chi connectivity index (χ3n) is 18.9. The van der Waals surface area contributed by atoms with Gasteiger partial charge in [-0.15, -0.1) is 0 Å². The maximum atomic E-state index is 14.8. The van der Waals surface area contributed by atoms with Gasteiger partial charge in [-0.05, 0) is 146 Å². The summed E-state index contributed by atoms with van der Waals surface area (Å²) in [6, 6.07) is 26.8. The van der Waals surface area contributed by atoms with Crippen LogP contribution in [0.15, 0.2) is 84.9 Å². The molecule has 30 nitrogen and oxygen atoms in total. The molecule has 106 heavy (non-hydrogen) atoms. The quantitative estimate of drug-likeness (QED) is 0.0213. The number of carbonyl (C=O) groups is 10. The van der Waals surface area contributed by atoms with E-state index in [1.54, 1.807) is 9.80 Å². The number of amides is 2. The first-order chi connectivity index (χ1) is 50.5. The first-order valence-corrected chi connectivity index (χ1v) is 35.3. The number of carboxylic acid groups (broad SMARTS) is 8. The number of benzene rings is 2. The third kappa shape index (κ3) is 25.4. The Hall–Kier alpha value is -10.5. The van der Waals surface area contributed by atoms with Crippen LogP contribution in [0.4, 0.5) is 0 Å². The minimum absolute atomic E-state index is 0.0565. The van der Waals surface area contributed by atoms with Crippen LogP contribution in [0.3, 0.4) is 0 Å². The SMILES string of the molecule is CCc1c(C)c2cc3[nH]c(cc4nc(cc5nc(cc1[nH]2)C(C)=C5CCCN(Cc1ccccc1)C(=O)CN(CCN(CCN(CC(=O)O)CC(=O)O)CC(=O)O)CC(=O)O)C(CCCN(Cc1ccccc1)C(=O)CN(CCN(CCN(CC(=O)O)CC(=O)O)CC(=O)O)CC(=O)O)=C4C)c(C)c3CC. The number of nitrogens with one attached hydrogen (secondary N) is 2. The van der Waals surface area contributed by atoms with Crippen LogP contribution in [0.2, 0.25) is 0 Å². The van der Waals surface area contributed by atoms with Crippen LogP contribution >= 0.6 is 0 Å². The molecule has 8 bridgehead atoms. The Kier molecular flexibility index (Phi) is 31.3. The van der Waals surface area contributed by atoms with E-state index in [-0.39, 0.29) is 91.6 Å². The van der Waals surface area contributed by atoms with Gasteiger partial charge < -0.3 is 60.6 Å². The number of aryl methyl sites for hydroxylation is 4. The number of aliphatic carboxylic acids is 8. The van der Waals surface area contributed by atoms with Crippen molar-refractivity contribution in [1.82, 2.24) is 59.1 Å². The van der Waals surface area contributed by atoms with E-state index in [9.17, 15) is 88.8 Å². The van der Waals surface area contributed by atoms with Crippen molar-refractivity contribution in [1.29, 1.82) is 0 Å². The molecule has 2 aliphatic heterocycles. The van der Waals surface area contributed by atoms with Crippen molar-refractivity contribution in [2.75, 3.05) is 131 Å². The first kappa shape index (κ1) is 82.8. The molecule has 7 rings (SSSR count). The van der Waals surface area contributed by atoms with Crippen molar-refractivity contribution in [2.24, 2.45) is 0 Å². The predicted octanol–water partition coefficient (Wildman–Crippen LogP) is 6.02. The number of rotatable bonds is 46. The van der Waals surface area contributed by atoms with Gasteiger partial charge in [-0.1, -0.05) is 74.5 Å². The van der Waals surface area contributed by atoms with Crippen molar-refractivity contribution in [3.8, 4) is 0 Å². The number of aromatic nitrogens is 4. The molecular weight excluding hydrogens is 1370 g/mol. The van der Waals surface area contributed by atoms with Gasteiger partial charge in [0.2, 0.25) is 11.8 Å². The Balaban J connectivity index is 1.23. The Morgan fingerprint density at radius 1 is 0.340 bits per heavy atom. The molecule has 2 aliphatic rings. The Labute approximate surface area is 614 Å². The summed E-state index contributed by atoms with van der Waals surface area (Å²) in [6.45, 7) is 7.12. The van der Waals surface area contributed by atoms with Gasteiger partial charge in [0.25, 0.3) is 0 Å². The van der Waals surface area contributed by atoms with E-state index < -0.39 is 112 Å². The van der Waals surface area contributed by atoms with Crippen LogP contribution in [0.5, 0.6) is 0 Å². The summed E-state index contributed by atoms with van der Waals surface area (Å²) in [5.41, 5.74) is 15.9. The highest BCUT2D eigenvalue weighted by atomic mass is 16.4. The number of hydrogen-bond donors (Lipinski definition) is 10. The van der Waals surface area contributed by atoms with E-state index >= 15 is 0 Å². The number of H-pyrrole nitrogens is 2. The molecule has 0 atom stereocenters. The zero-order valence-corrected chi connectivity index (χ0v) is 61.0. The summed E-state index contributed by atoms with van der Waals surface area (Å²) in [6.07, 6.45) is 3.10. The van der Waals surface area contributed by atoms with Crippen LogP contribution in [0.1, 0.15) is 110 Å². The first-order valence-electron chi connectivity index (χ1n) is 35.3. The van der Waals surface area contributed by atoms with Crippen LogP contribution in [0, 0.1) is 13.8 Å². The minimum atomic E-state index is -1.28. The van der Waals surface area contributed by atoms with Gasteiger partial charge in [0.1, 0.15) is 0 Å². The Morgan fingerprint density at radius 2 is 0.623 bits per heavy atom. The van der Waals surface area contributed by atoms with Gasteiger partial charge >= 0.3 is 47.8 Å². The fourth-order valence-electron chi connectivity index (χ4n) is 13.5. The molecule has 2 aromatic carbocycles. The second-order valence-electron chi connectivity index (χ2n) is 26.7. The summed E-state index contributed by atoms with van der Waals surface area (Å²) in [7, 11) is 0. The molecule has 0 radical (unpaired) electrons. The lowest BCUT2D eigenvalue weighted by molar-refractivity contribution is -0.144. The van der Waals surface area contributed by atoms with Gasteiger partial charge in [-0.25, -0.2) is 9.97 Å². The number of fused-ring (bicyclic) bond motifs is 8. The highest BCUT2D eigenvalue weighted by Crippen LogP contribution is 2.39. The Morgan fingerprint density at radius 3 is 0.943 bits per heavy atom. The monoisotopic (exact) mass is 1470 g/mol. The molecule has 0 saturated carbocycles. The normalized spacial score (nSPS) is 12.3. The van der Waals surface area contributed by atoms with Crippen LogP contribution in [-0.2, 0) is 73.9 Å². The number of carboxylic acids is 8. The van der Waals surface area contributed by atoms with E-state index in [4.69, 9.17) is 9.97 Å².